The van der Waals surface area contributed by atoms with Gasteiger partial charge in [-0.05, 0) is 25.3 Å². The van der Waals surface area contributed by atoms with Gasteiger partial charge >= 0.3 is 0 Å². The number of ether oxygens (including phenoxy) is 1. The maximum atomic E-state index is 6.24. The van der Waals surface area contributed by atoms with Gasteiger partial charge in [0.25, 0.3) is 0 Å². The number of nitrogens with two attached hydrogens (primary N) is 1. The van der Waals surface area contributed by atoms with E-state index in [1.807, 2.05) is 0 Å². The number of nitrogens with zero attached hydrogens (tertiary/aromatic N) is 2. The summed E-state index contributed by atoms with van der Waals surface area (Å²) in [5, 5.41) is 4.61. The van der Waals surface area contributed by atoms with Gasteiger partial charge in [-0.2, -0.15) is 5.10 Å². The Morgan fingerprint density at radius 1 is 1.53 bits per heavy atom. The molecule has 1 aliphatic heterocycles. The average molecular weight is 237 g/mol. The van der Waals surface area contributed by atoms with Crippen molar-refractivity contribution in [1.29, 1.82) is 0 Å². The van der Waals surface area contributed by atoms with Crippen LogP contribution < -0.4 is 5.73 Å². The second-order valence-corrected chi connectivity index (χ2v) is 4.80. The van der Waals surface area contributed by atoms with Crippen molar-refractivity contribution in [2.75, 3.05) is 13.2 Å². The van der Waals surface area contributed by atoms with Crippen LogP contribution in [0.25, 0.3) is 0 Å². The lowest BCUT2D eigenvalue weighted by Crippen LogP contribution is -2.35. The van der Waals surface area contributed by atoms with E-state index < -0.39 is 0 Å². The lowest BCUT2D eigenvalue weighted by atomic mass is 10.00. The molecule has 4 heteroatoms. The summed E-state index contributed by atoms with van der Waals surface area (Å²) in [7, 11) is 0. The van der Waals surface area contributed by atoms with Crippen LogP contribution in [0.4, 0.5) is 0 Å². The van der Waals surface area contributed by atoms with Crippen LogP contribution in [0.2, 0.25) is 0 Å². The van der Waals surface area contributed by atoms with Crippen LogP contribution in [0.1, 0.15) is 31.7 Å². The zero-order valence-corrected chi connectivity index (χ0v) is 10.9. The highest BCUT2D eigenvalue weighted by Gasteiger charge is 2.23. The van der Waals surface area contributed by atoms with Crippen molar-refractivity contribution < 1.29 is 4.74 Å². The fraction of sp³-hybridized carbons (Fsp3) is 0.769. The van der Waals surface area contributed by atoms with Crippen molar-refractivity contribution in [3.63, 3.8) is 0 Å². The molecule has 0 saturated carbocycles. The smallest absolute Gasteiger partial charge is 0.0624 e. The van der Waals surface area contributed by atoms with Gasteiger partial charge in [-0.25, -0.2) is 0 Å². The molecule has 0 bridgehead atoms. The quantitative estimate of drug-likeness (QED) is 0.841. The predicted octanol–water partition coefficient (Wildman–Crippen LogP) is 1.37. The van der Waals surface area contributed by atoms with Crippen molar-refractivity contribution in [2.24, 2.45) is 11.7 Å². The topological polar surface area (TPSA) is 53.1 Å². The van der Waals surface area contributed by atoms with E-state index in [2.05, 4.69) is 29.7 Å². The molecule has 2 N–H and O–H groups in total. The van der Waals surface area contributed by atoms with Crippen molar-refractivity contribution in [3.8, 4) is 0 Å². The molecule has 96 valence electrons. The largest absolute Gasteiger partial charge is 0.381 e. The molecule has 1 aliphatic rings. The van der Waals surface area contributed by atoms with Gasteiger partial charge < -0.3 is 10.5 Å². The molecular weight excluding hydrogens is 214 g/mol. The Morgan fingerprint density at radius 3 is 2.94 bits per heavy atom. The number of aromatic nitrogens is 2. The first-order valence-electron chi connectivity index (χ1n) is 6.63. The van der Waals surface area contributed by atoms with Crippen molar-refractivity contribution in [3.05, 3.63) is 17.5 Å². The third kappa shape index (κ3) is 2.87. The maximum Gasteiger partial charge on any atom is 0.0624 e. The van der Waals surface area contributed by atoms with E-state index in [1.165, 1.54) is 5.69 Å². The molecule has 0 aromatic carbocycles. The first-order chi connectivity index (χ1) is 8.24. The van der Waals surface area contributed by atoms with Crippen LogP contribution in [0, 0.1) is 5.92 Å². The summed E-state index contributed by atoms with van der Waals surface area (Å²) in [6, 6.07) is 2.35. The second-order valence-electron chi connectivity index (χ2n) is 4.80. The molecule has 1 fully saturated rings. The van der Waals surface area contributed by atoms with Crippen LogP contribution in [-0.4, -0.2) is 29.0 Å². The number of aryl methyl sites for hydroxylation is 2. The molecule has 2 heterocycles. The Hall–Kier alpha value is -0.870. The molecule has 1 saturated heterocycles. The van der Waals surface area contributed by atoms with Gasteiger partial charge in [0.05, 0.1) is 18.8 Å². The van der Waals surface area contributed by atoms with Crippen LogP contribution >= 0.6 is 0 Å². The van der Waals surface area contributed by atoms with E-state index in [1.54, 1.807) is 0 Å². The summed E-state index contributed by atoms with van der Waals surface area (Å²) in [4.78, 5) is 0. The SMILES string of the molecule is CCc1cc(CC)n(CC(N)C2CCOC2)n1. The molecule has 0 amide bonds. The molecule has 0 spiro atoms. The fourth-order valence-electron chi connectivity index (χ4n) is 2.37. The Balaban J connectivity index is 2.03. The number of hydrogen-bond donors (Lipinski definition) is 1. The van der Waals surface area contributed by atoms with E-state index in [0.29, 0.717) is 5.92 Å². The zero-order valence-electron chi connectivity index (χ0n) is 10.9. The number of hydrogen-bond acceptors (Lipinski definition) is 3. The Morgan fingerprint density at radius 2 is 2.35 bits per heavy atom. The Kier molecular flexibility index (Phi) is 4.18. The minimum absolute atomic E-state index is 0.160. The lowest BCUT2D eigenvalue weighted by Gasteiger charge is -2.18. The maximum absolute atomic E-state index is 6.24. The van der Waals surface area contributed by atoms with Crippen molar-refractivity contribution in [2.45, 2.75) is 45.7 Å². The fourth-order valence-corrected chi connectivity index (χ4v) is 2.37. The third-order valence-electron chi connectivity index (χ3n) is 3.59. The molecule has 0 aliphatic carbocycles. The van der Waals surface area contributed by atoms with Crippen LogP contribution in [-0.2, 0) is 24.1 Å². The normalized spacial score (nSPS) is 21.9. The summed E-state index contributed by atoms with van der Waals surface area (Å²) in [6.45, 7) is 6.79. The monoisotopic (exact) mass is 237 g/mol. The van der Waals surface area contributed by atoms with E-state index >= 15 is 0 Å². The van der Waals surface area contributed by atoms with E-state index in [4.69, 9.17) is 10.5 Å². The minimum Gasteiger partial charge on any atom is -0.381 e. The average Bonchev–Trinajstić information content (AvgIpc) is 2.97. The van der Waals surface area contributed by atoms with Crippen LogP contribution in [0.3, 0.4) is 0 Å². The van der Waals surface area contributed by atoms with E-state index in [9.17, 15) is 0 Å². The molecular formula is C13H23N3O. The standard InChI is InChI=1S/C13H23N3O/c1-3-11-7-12(4-2)16(15-11)8-13(14)10-5-6-17-9-10/h7,10,13H,3-6,8-9,14H2,1-2H3. The highest BCUT2D eigenvalue weighted by atomic mass is 16.5. The van der Waals surface area contributed by atoms with Crippen molar-refractivity contribution in [1.82, 2.24) is 9.78 Å². The van der Waals surface area contributed by atoms with Gasteiger partial charge in [0.1, 0.15) is 0 Å². The first kappa shape index (κ1) is 12.6. The summed E-state index contributed by atoms with van der Waals surface area (Å²) >= 11 is 0. The van der Waals surface area contributed by atoms with E-state index in [-0.39, 0.29) is 6.04 Å². The Labute approximate surface area is 103 Å². The first-order valence-corrected chi connectivity index (χ1v) is 6.63. The van der Waals surface area contributed by atoms with E-state index in [0.717, 1.165) is 44.7 Å². The minimum atomic E-state index is 0.160. The lowest BCUT2D eigenvalue weighted by molar-refractivity contribution is 0.178. The molecule has 17 heavy (non-hydrogen) atoms. The van der Waals surface area contributed by atoms with Gasteiger partial charge in [0.2, 0.25) is 0 Å². The number of rotatable bonds is 5. The molecule has 2 unspecified atom stereocenters. The summed E-state index contributed by atoms with van der Waals surface area (Å²) < 4.78 is 7.47. The third-order valence-corrected chi connectivity index (χ3v) is 3.59. The molecule has 1 aromatic rings. The van der Waals surface area contributed by atoms with Gasteiger partial charge in [0, 0.05) is 24.3 Å². The van der Waals surface area contributed by atoms with Gasteiger partial charge in [-0.1, -0.05) is 13.8 Å². The second kappa shape index (κ2) is 5.65. The molecule has 4 nitrogen and oxygen atoms in total. The molecule has 2 atom stereocenters. The highest BCUT2D eigenvalue weighted by molar-refractivity contribution is 5.10. The molecule has 0 radical (unpaired) electrons. The van der Waals surface area contributed by atoms with Crippen LogP contribution in [0.5, 0.6) is 0 Å². The van der Waals surface area contributed by atoms with Gasteiger partial charge in [-0.3, -0.25) is 4.68 Å². The summed E-state index contributed by atoms with van der Waals surface area (Å²) in [6.07, 6.45) is 3.09. The van der Waals surface area contributed by atoms with Gasteiger partial charge in [0.15, 0.2) is 0 Å². The Bertz CT molecular complexity index is 356. The summed E-state index contributed by atoms with van der Waals surface area (Å²) in [5.41, 5.74) is 8.70. The summed E-state index contributed by atoms with van der Waals surface area (Å²) in [5.74, 6) is 0.494. The predicted molar refractivity (Wildman–Crippen MR) is 67.9 cm³/mol. The van der Waals surface area contributed by atoms with Crippen molar-refractivity contribution >= 4 is 0 Å². The van der Waals surface area contributed by atoms with Gasteiger partial charge in [-0.15, -0.1) is 0 Å². The molecule has 1 aromatic heterocycles. The molecule has 2 rings (SSSR count). The highest BCUT2D eigenvalue weighted by Crippen LogP contribution is 2.17. The zero-order chi connectivity index (χ0) is 12.3. The van der Waals surface area contributed by atoms with Crippen LogP contribution in [0.15, 0.2) is 6.07 Å².